The van der Waals surface area contributed by atoms with Crippen LogP contribution < -0.4 is 11.2 Å². The quantitative estimate of drug-likeness (QED) is 0.852. The van der Waals surface area contributed by atoms with Crippen LogP contribution in [0.25, 0.3) is 0 Å². The van der Waals surface area contributed by atoms with E-state index in [4.69, 9.17) is 11.6 Å². The Balaban J connectivity index is 1.76. The maximum absolute atomic E-state index is 12.5. The molecule has 0 saturated carbocycles. The topological polar surface area (TPSA) is 86.0 Å². The molecule has 0 unspecified atom stereocenters. The number of thioether (sulfide) groups is 1. The van der Waals surface area contributed by atoms with Crippen LogP contribution in [-0.2, 0) is 0 Å². The van der Waals surface area contributed by atoms with Gasteiger partial charge in [-0.2, -0.15) is 11.8 Å². The number of H-pyrrole nitrogens is 2. The second-order valence-electron chi connectivity index (χ2n) is 5.46. The highest BCUT2D eigenvalue weighted by atomic mass is 35.5. The number of nitrogens with one attached hydrogen (secondary N) is 2. The van der Waals surface area contributed by atoms with Crippen LogP contribution >= 0.6 is 23.4 Å². The van der Waals surface area contributed by atoms with Gasteiger partial charge in [-0.1, -0.05) is 29.8 Å². The van der Waals surface area contributed by atoms with Gasteiger partial charge in [0.2, 0.25) is 0 Å². The molecule has 126 valence electrons. The third kappa shape index (κ3) is 3.73. The van der Waals surface area contributed by atoms with E-state index in [0.717, 1.165) is 28.8 Å². The average Bonchev–Trinajstić information content (AvgIpc) is 2.79. The van der Waals surface area contributed by atoms with Gasteiger partial charge in [-0.3, -0.25) is 14.6 Å². The second kappa shape index (κ2) is 7.27. The Morgan fingerprint density at radius 1 is 1.21 bits per heavy atom. The Morgan fingerprint density at radius 3 is 2.75 bits per heavy atom. The zero-order valence-corrected chi connectivity index (χ0v) is 14.3. The number of aromatic nitrogens is 2. The molecular formula is C16H16ClN3O3S. The molecule has 0 bridgehead atoms. The first-order valence-corrected chi connectivity index (χ1v) is 8.96. The lowest BCUT2D eigenvalue weighted by Gasteiger charge is -2.20. The maximum Gasteiger partial charge on any atom is 0.326 e. The normalized spacial score (nSPS) is 18.2. The third-order valence-corrected chi connectivity index (χ3v) is 5.53. The Kier molecular flexibility index (Phi) is 5.11. The summed E-state index contributed by atoms with van der Waals surface area (Å²) in [7, 11) is 0. The third-order valence-electron chi connectivity index (χ3n) is 3.87. The van der Waals surface area contributed by atoms with Gasteiger partial charge in [0.25, 0.3) is 11.5 Å². The Morgan fingerprint density at radius 2 is 2.00 bits per heavy atom. The van der Waals surface area contributed by atoms with Crippen molar-refractivity contribution >= 4 is 29.3 Å². The van der Waals surface area contributed by atoms with E-state index in [1.807, 2.05) is 24.3 Å². The zero-order valence-electron chi connectivity index (χ0n) is 12.8. The molecule has 1 amide bonds. The van der Waals surface area contributed by atoms with Crippen molar-refractivity contribution in [3.63, 3.8) is 0 Å². The average molecular weight is 366 g/mol. The molecule has 0 spiro atoms. The largest absolute Gasteiger partial charge is 0.336 e. The molecule has 2 heterocycles. The first kappa shape index (κ1) is 16.9. The maximum atomic E-state index is 12.5. The summed E-state index contributed by atoms with van der Waals surface area (Å²) < 4.78 is 0. The molecule has 1 fully saturated rings. The molecule has 1 saturated heterocycles. The molecule has 1 aromatic carbocycles. The van der Waals surface area contributed by atoms with Crippen molar-refractivity contribution < 1.29 is 4.79 Å². The first-order valence-electron chi connectivity index (χ1n) is 7.53. The lowest BCUT2D eigenvalue weighted by atomic mass is 10.1. The number of nitrogens with zero attached hydrogens (tertiary/aromatic N) is 1. The van der Waals surface area contributed by atoms with E-state index in [1.165, 1.54) is 0 Å². The van der Waals surface area contributed by atoms with Crippen LogP contribution in [0.5, 0.6) is 0 Å². The lowest BCUT2D eigenvalue weighted by Crippen LogP contribution is -2.36. The highest BCUT2D eigenvalue weighted by molar-refractivity contribution is 7.99. The molecule has 1 aromatic heterocycles. The van der Waals surface area contributed by atoms with Crippen molar-refractivity contribution in [2.45, 2.75) is 11.7 Å². The minimum atomic E-state index is -0.677. The Hall–Kier alpha value is -1.99. The molecule has 1 atom stereocenters. The summed E-state index contributed by atoms with van der Waals surface area (Å²) in [5, 5.41) is 0.948. The van der Waals surface area contributed by atoms with Crippen LogP contribution in [0.4, 0.5) is 0 Å². The molecule has 0 aliphatic carbocycles. The molecule has 0 radical (unpaired) electrons. The van der Waals surface area contributed by atoms with Crippen molar-refractivity contribution in [1.29, 1.82) is 0 Å². The fourth-order valence-electron chi connectivity index (χ4n) is 2.71. The van der Waals surface area contributed by atoms with E-state index < -0.39 is 11.2 Å². The van der Waals surface area contributed by atoms with Crippen LogP contribution in [0, 0.1) is 0 Å². The molecule has 2 aromatic rings. The van der Waals surface area contributed by atoms with Crippen LogP contribution in [0.3, 0.4) is 0 Å². The fourth-order valence-corrected chi connectivity index (χ4v) is 4.31. The highest BCUT2D eigenvalue weighted by Crippen LogP contribution is 2.37. The summed E-state index contributed by atoms with van der Waals surface area (Å²) in [5.41, 5.74) is -0.169. The zero-order chi connectivity index (χ0) is 17.1. The summed E-state index contributed by atoms with van der Waals surface area (Å²) >= 11 is 8.02. The number of carbonyl (C=O) groups is 1. The Labute approximate surface area is 147 Å². The van der Waals surface area contributed by atoms with Crippen molar-refractivity contribution in [3.05, 3.63) is 67.4 Å². The van der Waals surface area contributed by atoms with Crippen LogP contribution in [0.1, 0.15) is 27.7 Å². The van der Waals surface area contributed by atoms with Gasteiger partial charge >= 0.3 is 5.69 Å². The lowest BCUT2D eigenvalue weighted by molar-refractivity contribution is 0.0760. The van der Waals surface area contributed by atoms with Crippen molar-refractivity contribution in [2.24, 2.45) is 0 Å². The van der Waals surface area contributed by atoms with Crippen LogP contribution in [-0.4, -0.2) is 39.6 Å². The van der Waals surface area contributed by atoms with E-state index in [2.05, 4.69) is 9.97 Å². The van der Waals surface area contributed by atoms with Crippen LogP contribution in [0.2, 0.25) is 5.02 Å². The van der Waals surface area contributed by atoms with Gasteiger partial charge in [0.15, 0.2) is 0 Å². The second-order valence-corrected chi connectivity index (χ2v) is 7.18. The number of rotatable bonds is 2. The molecule has 1 aliphatic heterocycles. The Bertz CT molecular complexity index is 836. The standard InChI is InChI=1S/C16H16ClN3O3S/c17-11-4-2-1-3-10(11)13-5-6-20(7-8-24-13)15(22)12-9-14(21)19-16(23)18-12/h1-4,9,13H,5-8H2,(H2,18,19,21,23)/t13-/m1/s1. The predicted molar refractivity (Wildman–Crippen MR) is 94.9 cm³/mol. The van der Waals surface area contributed by atoms with Gasteiger partial charge in [0.1, 0.15) is 5.69 Å². The predicted octanol–water partition coefficient (Wildman–Crippen LogP) is 2.04. The molecule has 1 aliphatic rings. The van der Waals surface area contributed by atoms with Gasteiger partial charge in [0.05, 0.1) is 0 Å². The number of benzene rings is 1. The molecule has 2 N–H and O–H groups in total. The number of hydrogen-bond donors (Lipinski definition) is 2. The monoisotopic (exact) mass is 365 g/mol. The molecule has 24 heavy (non-hydrogen) atoms. The number of amides is 1. The fraction of sp³-hybridized carbons (Fsp3) is 0.312. The van der Waals surface area contributed by atoms with E-state index in [1.54, 1.807) is 16.7 Å². The summed E-state index contributed by atoms with van der Waals surface area (Å²) in [6, 6.07) is 8.84. The van der Waals surface area contributed by atoms with E-state index >= 15 is 0 Å². The van der Waals surface area contributed by atoms with Gasteiger partial charge < -0.3 is 9.88 Å². The number of carbonyl (C=O) groups excluding carboxylic acids is 1. The van der Waals surface area contributed by atoms with Gasteiger partial charge in [-0.15, -0.1) is 0 Å². The molecular weight excluding hydrogens is 350 g/mol. The molecule has 8 heteroatoms. The van der Waals surface area contributed by atoms with Gasteiger partial charge in [-0.25, -0.2) is 4.79 Å². The highest BCUT2D eigenvalue weighted by Gasteiger charge is 2.24. The van der Waals surface area contributed by atoms with E-state index in [9.17, 15) is 14.4 Å². The summed E-state index contributed by atoms with van der Waals surface area (Å²) in [4.78, 5) is 41.4. The minimum absolute atomic E-state index is 0.0185. The van der Waals surface area contributed by atoms with Crippen molar-refractivity contribution in [2.75, 3.05) is 18.8 Å². The summed E-state index contributed by atoms with van der Waals surface area (Å²) in [5.74, 6) is 0.424. The number of hydrogen-bond acceptors (Lipinski definition) is 4. The number of halogens is 1. The molecule has 6 nitrogen and oxygen atoms in total. The number of aromatic amines is 2. The molecule has 3 rings (SSSR count). The van der Waals surface area contributed by atoms with Gasteiger partial charge in [0, 0.05) is 35.2 Å². The smallest absolute Gasteiger partial charge is 0.326 e. The van der Waals surface area contributed by atoms with Crippen molar-refractivity contribution in [3.8, 4) is 0 Å². The van der Waals surface area contributed by atoms with Crippen molar-refractivity contribution in [1.82, 2.24) is 14.9 Å². The SMILES string of the molecule is O=C(c1cc(=O)[nH]c(=O)[nH]1)N1CCS[C@@H](c2ccccc2Cl)CC1. The summed E-state index contributed by atoms with van der Waals surface area (Å²) in [6.07, 6.45) is 0.758. The van der Waals surface area contributed by atoms with E-state index in [0.29, 0.717) is 13.1 Å². The van der Waals surface area contributed by atoms with Crippen LogP contribution in [0.15, 0.2) is 39.9 Å². The minimum Gasteiger partial charge on any atom is -0.336 e. The van der Waals surface area contributed by atoms with E-state index in [-0.39, 0.29) is 16.9 Å². The first-order chi connectivity index (χ1) is 11.5. The summed E-state index contributed by atoms with van der Waals surface area (Å²) in [6.45, 7) is 1.09. The van der Waals surface area contributed by atoms with Gasteiger partial charge in [-0.05, 0) is 18.1 Å².